The highest BCUT2D eigenvalue weighted by Crippen LogP contribution is 2.37. The van der Waals surface area contributed by atoms with Gasteiger partial charge in [-0.2, -0.15) is 0 Å². The van der Waals surface area contributed by atoms with Crippen molar-refractivity contribution in [2.75, 3.05) is 23.9 Å². The molecule has 0 atom stereocenters. The predicted octanol–water partition coefficient (Wildman–Crippen LogP) is 3.62. The van der Waals surface area contributed by atoms with Gasteiger partial charge in [-0.1, -0.05) is 22.0 Å². The largest absolute Gasteiger partial charge is 0.497 e. The van der Waals surface area contributed by atoms with Crippen LogP contribution < -0.4 is 15.0 Å². The van der Waals surface area contributed by atoms with Crippen molar-refractivity contribution in [1.29, 1.82) is 0 Å². The van der Waals surface area contributed by atoms with Gasteiger partial charge in [-0.3, -0.25) is 9.59 Å². The molecule has 24 heavy (non-hydrogen) atoms. The van der Waals surface area contributed by atoms with Crippen molar-refractivity contribution in [3.05, 3.63) is 52.0 Å². The van der Waals surface area contributed by atoms with Crippen LogP contribution in [0.1, 0.15) is 22.8 Å². The number of hydrogen-bond acceptors (Lipinski definition) is 4. The average Bonchev–Trinajstić information content (AvgIpc) is 3.02. The van der Waals surface area contributed by atoms with Gasteiger partial charge in [-0.05, 0) is 42.3 Å². The van der Waals surface area contributed by atoms with Crippen LogP contribution in [0.25, 0.3) is 0 Å². The summed E-state index contributed by atoms with van der Waals surface area (Å²) in [4.78, 5) is 26.4. The van der Waals surface area contributed by atoms with E-state index >= 15 is 0 Å². The van der Waals surface area contributed by atoms with Gasteiger partial charge < -0.3 is 10.1 Å². The van der Waals surface area contributed by atoms with E-state index in [2.05, 4.69) is 21.2 Å². The van der Waals surface area contributed by atoms with Gasteiger partial charge in [0.15, 0.2) is 0 Å². The second kappa shape index (κ2) is 6.65. The number of ether oxygens (including phenoxy) is 1. The summed E-state index contributed by atoms with van der Waals surface area (Å²) < 4.78 is 6.01. The van der Waals surface area contributed by atoms with Crippen LogP contribution >= 0.6 is 15.9 Å². The molecule has 0 spiro atoms. The first-order valence-corrected chi connectivity index (χ1v) is 8.36. The first-order chi connectivity index (χ1) is 11.5. The fraction of sp³-hybridized carbons (Fsp3) is 0.222. The Kier molecular flexibility index (Phi) is 4.57. The Morgan fingerprint density at radius 2 is 2.04 bits per heavy atom. The van der Waals surface area contributed by atoms with Gasteiger partial charge in [-0.25, -0.2) is 4.90 Å². The smallest absolute Gasteiger partial charge is 0.265 e. The number of fused-ring (bicyclic) bond motifs is 1. The molecule has 2 amide bonds. The maximum absolute atomic E-state index is 13.0. The lowest BCUT2D eigenvalue weighted by Gasteiger charge is -2.23. The lowest BCUT2D eigenvalue weighted by atomic mass is 10.1. The van der Waals surface area contributed by atoms with Gasteiger partial charge in [0.05, 0.1) is 18.5 Å². The van der Waals surface area contributed by atoms with E-state index in [0.717, 1.165) is 28.7 Å². The summed E-state index contributed by atoms with van der Waals surface area (Å²) in [5.74, 6) is -0.144. The molecule has 0 fully saturated rings. The minimum Gasteiger partial charge on any atom is -0.497 e. The van der Waals surface area contributed by atoms with Crippen LogP contribution in [0.2, 0.25) is 0 Å². The zero-order chi connectivity index (χ0) is 17.3. The Labute approximate surface area is 148 Å². The second-order valence-electron chi connectivity index (χ2n) is 5.53. The summed E-state index contributed by atoms with van der Waals surface area (Å²) in [5, 5.41) is 3.27. The maximum atomic E-state index is 13.0. The molecule has 0 aromatic heterocycles. The van der Waals surface area contributed by atoms with Gasteiger partial charge in [0, 0.05) is 23.5 Å². The molecular weight excluding hydrogens is 372 g/mol. The third-order valence-corrected chi connectivity index (χ3v) is 4.39. The lowest BCUT2D eigenvalue weighted by Crippen LogP contribution is -2.35. The molecule has 5 nitrogen and oxygen atoms in total. The molecule has 1 aliphatic heterocycles. The highest BCUT2D eigenvalue weighted by atomic mass is 79.9. The molecular formula is C18H17BrN2O3. The van der Waals surface area contributed by atoms with Gasteiger partial charge in [0.2, 0.25) is 5.91 Å². The Hall–Kier alpha value is -2.34. The predicted molar refractivity (Wildman–Crippen MR) is 96.8 cm³/mol. The molecule has 6 heteroatoms. The van der Waals surface area contributed by atoms with Crippen LogP contribution in [0.3, 0.4) is 0 Å². The maximum Gasteiger partial charge on any atom is 0.265 e. The number of amides is 2. The summed E-state index contributed by atoms with van der Waals surface area (Å²) in [6, 6.07) is 10.6. The molecule has 0 radical (unpaired) electrons. The molecule has 1 N–H and O–H groups in total. The second-order valence-corrected chi connectivity index (χ2v) is 6.44. The monoisotopic (exact) mass is 388 g/mol. The number of imide groups is 1. The summed E-state index contributed by atoms with van der Waals surface area (Å²) >= 11 is 3.46. The van der Waals surface area contributed by atoms with E-state index < -0.39 is 0 Å². The quantitative estimate of drug-likeness (QED) is 0.871. The van der Waals surface area contributed by atoms with E-state index in [-0.39, 0.29) is 11.8 Å². The zero-order valence-corrected chi connectivity index (χ0v) is 15.0. The number of nitrogens with one attached hydrogen (secondary N) is 1. The van der Waals surface area contributed by atoms with Crippen molar-refractivity contribution in [2.24, 2.45) is 0 Å². The van der Waals surface area contributed by atoms with Crippen LogP contribution in [0.5, 0.6) is 5.75 Å². The summed E-state index contributed by atoms with van der Waals surface area (Å²) in [6.45, 7) is 2.18. The van der Waals surface area contributed by atoms with Crippen molar-refractivity contribution < 1.29 is 14.3 Å². The highest BCUT2D eigenvalue weighted by Gasteiger charge is 2.27. The van der Waals surface area contributed by atoms with Crippen LogP contribution in [-0.2, 0) is 11.2 Å². The minimum atomic E-state index is -0.379. The topological polar surface area (TPSA) is 58.6 Å². The fourth-order valence-electron chi connectivity index (χ4n) is 2.85. The number of anilines is 2. The zero-order valence-electron chi connectivity index (χ0n) is 13.4. The molecule has 124 valence electrons. The number of nitrogens with zero attached hydrogens (tertiary/aromatic N) is 1. The Morgan fingerprint density at radius 3 is 2.75 bits per heavy atom. The molecule has 1 heterocycles. The number of benzene rings is 2. The van der Waals surface area contributed by atoms with Crippen LogP contribution in [0.15, 0.2) is 40.9 Å². The van der Waals surface area contributed by atoms with E-state index in [9.17, 15) is 9.59 Å². The average molecular weight is 389 g/mol. The first-order valence-electron chi connectivity index (χ1n) is 7.56. The minimum absolute atomic E-state index is 0.336. The number of hydrogen-bond donors (Lipinski definition) is 1. The third-order valence-electron chi connectivity index (χ3n) is 3.94. The van der Waals surface area contributed by atoms with E-state index in [1.54, 1.807) is 30.3 Å². The van der Waals surface area contributed by atoms with Crippen molar-refractivity contribution in [3.63, 3.8) is 0 Å². The lowest BCUT2D eigenvalue weighted by molar-refractivity contribution is -0.115. The number of carbonyl (C=O) groups is 2. The number of rotatable bonds is 3. The molecule has 0 bridgehead atoms. The number of halogens is 1. The molecule has 0 aliphatic carbocycles. The molecule has 1 aliphatic rings. The third kappa shape index (κ3) is 3.01. The van der Waals surface area contributed by atoms with Crippen LogP contribution in [-0.4, -0.2) is 25.5 Å². The van der Waals surface area contributed by atoms with Gasteiger partial charge in [0.25, 0.3) is 5.91 Å². The number of carbonyl (C=O) groups excluding carboxylic acids is 2. The van der Waals surface area contributed by atoms with Crippen molar-refractivity contribution in [3.8, 4) is 5.75 Å². The summed E-state index contributed by atoms with van der Waals surface area (Å²) in [7, 11) is 1.54. The Bertz CT molecular complexity index is 820. The van der Waals surface area contributed by atoms with Crippen molar-refractivity contribution in [1.82, 2.24) is 0 Å². The van der Waals surface area contributed by atoms with Crippen molar-refractivity contribution in [2.45, 2.75) is 13.3 Å². The first kappa shape index (κ1) is 16.5. The number of methoxy groups -OCH3 is 1. The molecule has 3 rings (SSSR count). The summed E-state index contributed by atoms with van der Waals surface area (Å²) in [6.07, 6.45) is 0.862. The Morgan fingerprint density at radius 1 is 1.25 bits per heavy atom. The van der Waals surface area contributed by atoms with E-state index in [1.165, 1.54) is 18.9 Å². The SMILES string of the molecule is COc1cccc(C(=O)N(C(C)=O)c2cc(Br)cc3c2NCC3)c1. The highest BCUT2D eigenvalue weighted by molar-refractivity contribution is 9.10. The molecule has 0 saturated carbocycles. The van der Waals surface area contributed by atoms with Crippen LogP contribution in [0.4, 0.5) is 11.4 Å². The molecule has 0 unspecified atom stereocenters. The molecule has 2 aromatic rings. The van der Waals surface area contributed by atoms with E-state index in [0.29, 0.717) is 17.0 Å². The van der Waals surface area contributed by atoms with Gasteiger partial charge in [-0.15, -0.1) is 0 Å². The van der Waals surface area contributed by atoms with Gasteiger partial charge in [0.1, 0.15) is 5.75 Å². The molecule has 2 aromatic carbocycles. The van der Waals surface area contributed by atoms with Crippen LogP contribution in [0, 0.1) is 0 Å². The van der Waals surface area contributed by atoms with Crippen molar-refractivity contribution >= 4 is 39.1 Å². The van der Waals surface area contributed by atoms with E-state index in [4.69, 9.17) is 4.74 Å². The molecule has 0 saturated heterocycles. The summed E-state index contributed by atoms with van der Waals surface area (Å²) in [5.41, 5.74) is 2.89. The normalized spacial score (nSPS) is 12.3. The standard InChI is InChI=1S/C18H17BrN2O3/c1-11(22)21(18(23)13-4-3-5-15(9-13)24-2)16-10-14(19)8-12-6-7-20-17(12)16/h3-5,8-10,20H,6-7H2,1-2H3. The Balaban J connectivity index is 2.08. The van der Waals surface area contributed by atoms with E-state index in [1.807, 2.05) is 6.07 Å². The van der Waals surface area contributed by atoms with Gasteiger partial charge >= 0.3 is 0 Å². The fourth-order valence-corrected chi connectivity index (χ4v) is 3.35.